The van der Waals surface area contributed by atoms with Gasteiger partial charge in [0.2, 0.25) is 0 Å². The van der Waals surface area contributed by atoms with Gasteiger partial charge in [-0.05, 0) is 6.42 Å². The first-order valence-corrected chi connectivity index (χ1v) is 5.51. The molecule has 0 bridgehead atoms. The summed E-state index contributed by atoms with van der Waals surface area (Å²) in [5.41, 5.74) is -0.155. The zero-order chi connectivity index (χ0) is 11.4. The minimum absolute atomic E-state index is 0.150. The van der Waals surface area contributed by atoms with Gasteiger partial charge in [-0.3, -0.25) is 0 Å². The molecule has 0 radical (unpaired) electrons. The van der Waals surface area contributed by atoms with Crippen molar-refractivity contribution in [3.05, 3.63) is 0 Å². The Labute approximate surface area is 80.7 Å². The van der Waals surface area contributed by atoms with E-state index in [0.29, 0.717) is 6.42 Å². The van der Waals surface area contributed by atoms with Crippen LogP contribution in [0.1, 0.15) is 19.8 Å². The first-order chi connectivity index (χ1) is 6.24. The highest BCUT2D eigenvalue weighted by Crippen LogP contribution is 2.22. The zero-order valence-corrected chi connectivity index (χ0v) is 8.45. The highest BCUT2D eigenvalue weighted by molar-refractivity contribution is 7.90. The number of nitrogens with one attached hydrogen (secondary N) is 1. The highest BCUT2D eigenvalue weighted by atomic mass is 32.2. The van der Waals surface area contributed by atoms with Crippen LogP contribution in [0.4, 0.5) is 13.2 Å². The number of halogens is 3. The summed E-state index contributed by atoms with van der Waals surface area (Å²) in [7, 11) is -5.26. The van der Waals surface area contributed by atoms with Crippen LogP contribution in [0.25, 0.3) is 0 Å². The average molecular weight is 234 g/mol. The van der Waals surface area contributed by atoms with E-state index in [0.717, 1.165) is 0 Å². The van der Waals surface area contributed by atoms with E-state index in [2.05, 4.69) is 0 Å². The molecule has 0 aliphatic carbocycles. The lowest BCUT2D eigenvalue weighted by molar-refractivity contribution is -0.0451. The summed E-state index contributed by atoms with van der Waals surface area (Å²) >= 11 is 0. The number of rotatable bonds is 5. The van der Waals surface area contributed by atoms with Gasteiger partial charge in [-0.1, -0.05) is 13.3 Å². The van der Waals surface area contributed by atoms with E-state index in [-0.39, 0.29) is 13.0 Å². The molecule has 0 heterocycles. The lowest BCUT2D eigenvalue weighted by atomic mass is 10.2. The molecular weight excluding hydrogens is 221 g/mol. The van der Waals surface area contributed by atoms with Crippen LogP contribution >= 0.6 is 0 Å². The lowest BCUT2D eigenvalue weighted by Gasteiger charge is -2.17. The SMILES string of the molecule is CCCC(CN)NS(=O)(=O)C(F)(F)F. The van der Waals surface area contributed by atoms with Gasteiger partial charge in [0, 0.05) is 12.6 Å². The Kier molecular flexibility index (Phi) is 4.82. The van der Waals surface area contributed by atoms with Gasteiger partial charge < -0.3 is 5.73 Å². The van der Waals surface area contributed by atoms with Gasteiger partial charge >= 0.3 is 15.5 Å². The molecule has 0 aliphatic heterocycles. The Balaban J connectivity index is 4.49. The summed E-state index contributed by atoms with van der Waals surface area (Å²) in [6, 6.07) is -0.855. The first-order valence-electron chi connectivity index (χ1n) is 4.03. The van der Waals surface area contributed by atoms with E-state index in [4.69, 9.17) is 5.73 Å². The first kappa shape index (κ1) is 13.7. The molecule has 14 heavy (non-hydrogen) atoms. The second-order valence-electron chi connectivity index (χ2n) is 2.79. The van der Waals surface area contributed by atoms with Crippen LogP contribution in [0, 0.1) is 0 Å². The summed E-state index contributed by atoms with van der Waals surface area (Å²) in [6.45, 7) is 1.58. The van der Waals surface area contributed by atoms with Gasteiger partial charge in [0.05, 0.1) is 0 Å². The molecule has 0 rings (SSSR count). The fourth-order valence-corrected chi connectivity index (χ4v) is 1.65. The van der Waals surface area contributed by atoms with Crippen LogP contribution < -0.4 is 10.5 Å². The van der Waals surface area contributed by atoms with Crippen molar-refractivity contribution in [2.24, 2.45) is 5.73 Å². The monoisotopic (exact) mass is 234 g/mol. The molecule has 0 aromatic carbocycles. The zero-order valence-electron chi connectivity index (χ0n) is 7.63. The summed E-state index contributed by atoms with van der Waals surface area (Å²) < 4.78 is 58.4. The molecule has 0 spiro atoms. The van der Waals surface area contributed by atoms with Gasteiger partial charge in [-0.15, -0.1) is 0 Å². The lowest BCUT2D eigenvalue weighted by Crippen LogP contribution is -2.45. The van der Waals surface area contributed by atoms with Crippen molar-refractivity contribution in [2.75, 3.05) is 6.54 Å². The van der Waals surface area contributed by atoms with Crippen molar-refractivity contribution < 1.29 is 21.6 Å². The van der Waals surface area contributed by atoms with Crippen molar-refractivity contribution in [1.29, 1.82) is 0 Å². The number of nitrogens with two attached hydrogens (primary N) is 1. The Hall–Kier alpha value is -0.340. The number of hydrogen-bond acceptors (Lipinski definition) is 3. The van der Waals surface area contributed by atoms with E-state index >= 15 is 0 Å². The summed E-state index contributed by atoms with van der Waals surface area (Å²) in [4.78, 5) is 0. The molecule has 3 N–H and O–H groups in total. The third kappa shape index (κ3) is 3.81. The summed E-state index contributed by atoms with van der Waals surface area (Å²) in [6.07, 6.45) is 0.841. The van der Waals surface area contributed by atoms with Crippen molar-refractivity contribution in [3.63, 3.8) is 0 Å². The second-order valence-corrected chi connectivity index (χ2v) is 4.49. The van der Waals surface area contributed by atoms with Crippen LogP contribution in [0.15, 0.2) is 0 Å². The summed E-state index contributed by atoms with van der Waals surface area (Å²) in [5.74, 6) is 0. The fourth-order valence-electron chi connectivity index (χ4n) is 0.860. The van der Waals surface area contributed by atoms with Gasteiger partial charge in [0.15, 0.2) is 0 Å². The third-order valence-electron chi connectivity index (χ3n) is 1.55. The highest BCUT2D eigenvalue weighted by Gasteiger charge is 2.46. The maximum atomic E-state index is 11.9. The fraction of sp³-hybridized carbons (Fsp3) is 1.00. The van der Waals surface area contributed by atoms with Crippen LogP contribution in [0.2, 0.25) is 0 Å². The smallest absolute Gasteiger partial charge is 0.329 e. The average Bonchev–Trinajstić information content (AvgIpc) is 2.01. The number of hydrogen-bond donors (Lipinski definition) is 2. The van der Waals surface area contributed by atoms with E-state index < -0.39 is 21.6 Å². The molecule has 0 aliphatic rings. The topological polar surface area (TPSA) is 72.2 Å². The predicted molar refractivity (Wildman–Crippen MR) is 45.9 cm³/mol. The molecule has 0 fully saturated rings. The molecule has 0 aromatic heterocycles. The molecule has 8 heteroatoms. The quantitative estimate of drug-likeness (QED) is 0.729. The normalized spacial score (nSPS) is 15.5. The second kappa shape index (κ2) is 4.94. The molecule has 86 valence electrons. The maximum Gasteiger partial charge on any atom is 0.511 e. The Morgan fingerprint density at radius 2 is 1.93 bits per heavy atom. The Morgan fingerprint density at radius 1 is 1.43 bits per heavy atom. The maximum absolute atomic E-state index is 11.9. The van der Waals surface area contributed by atoms with Gasteiger partial charge in [0.1, 0.15) is 0 Å². The van der Waals surface area contributed by atoms with E-state index in [1.165, 1.54) is 4.72 Å². The standard InChI is InChI=1S/C6H13F3N2O2S/c1-2-3-5(4-10)11-14(12,13)6(7,8)9/h5,11H,2-4,10H2,1H3. The van der Waals surface area contributed by atoms with E-state index in [1.807, 2.05) is 0 Å². The minimum atomic E-state index is -5.27. The molecule has 0 aromatic rings. The third-order valence-corrected chi connectivity index (χ3v) is 2.80. The Morgan fingerprint density at radius 3 is 2.21 bits per heavy atom. The predicted octanol–water partition coefficient (Wildman–Crippen LogP) is 0.553. The molecular formula is C6H13F3N2O2S. The van der Waals surface area contributed by atoms with Crippen molar-refractivity contribution in [3.8, 4) is 0 Å². The molecule has 1 unspecified atom stereocenters. The van der Waals surface area contributed by atoms with Crippen molar-refractivity contribution in [1.82, 2.24) is 4.72 Å². The van der Waals surface area contributed by atoms with Crippen LogP contribution in [0.5, 0.6) is 0 Å². The minimum Gasteiger partial charge on any atom is -0.329 e. The van der Waals surface area contributed by atoms with E-state index in [9.17, 15) is 21.6 Å². The molecule has 0 saturated carbocycles. The number of sulfonamides is 1. The van der Waals surface area contributed by atoms with E-state index in [1.54, 1.807) is 6.92 Å². The van der Waals surface area contributed by atoms with Crippen LogP contribution in [-0.2, 0) is 10.0 Å². The van der Waals surface area contributed by atoms with Gasteiger partial charge in [-0.2, -0.15) is 13.2 Å². The molecule has 0 amide bonds. The van der Waals surface area contributed by atoms with Gasteiger partial charge in [-0.25, -0.2) is 13.1 Å². The van der Waals surface area contributed by atoms with Crippen LogP contribution in [-0.4, -0.2) is 26.5 Å². The van der Waals surface area contributed by atoms with Crippen LogP contribution in [0.3, 0.4) is 0 Å². The molecule has 4 nitrogen and oxygen atoms in total. The molecule has 0 saturated heterocycles. The number of alkyl halides is 3. The molecule has 1 atom stereocenters. The van der Waals surface area contributed by atoms with Crippen molar-refractivity contribution >= 4 is 10.0 Å². The Bertz CT molecular complexity index is 263. The van der Waals surface area contributed by atoms with Gasteiger partial charge in [0.25, 0.3) is 0 Å². The summed E-state index contributed by atoms with van der Waals surface area (Å²) in [5, 5.41) is 0. The largest absolute Gasteiger partial charge is 0.511 e. The van der Waals surface area contributed by atoms with Crippen molar-refractivity contribution in [2.45, 2.75) is 31.3 Å².